The van der Waals surface area contributed by atoms with Crippen molar-refractivity contribution in [2.45, 2.75) is 26.2 Å². The van der Waals surface area contributed by atoms with Crippen LogP contribution in [0.1, 0.15) is 26.2 Å². The maximum atomic E-state index is 12.1. The van der Waals surface area contributed by atoms with Gasteiger partial charge >= 0.3 is 0 Å². The molecule has 2 fully saturated rings. The molecule has 0 aromatic carbocycles. The van der Waals surface area contributed by atoms with E-state index in [2.05, 4.69) is 12.2 Å². The van der Waals surface area contributed by atoms with E-state index in [1.54, 1.807) is 0 Å². The first-order valence-corrected chi connectivity index (χ1v) is 5.78. The van der Waals surface area contributed by atoms with E-state index in [1.807, 2.05) is 4.90 Å². The molecule has 2 heterocycles. The molecule has 0 bridgehead atoms. The fourth-order valence-electron chi connectivity index (χ4n) is 2.49. The predicted octanol–water partition coefficient (Wildman–Crippen LogP) is 0.854. The second kappa shape index (κ2) is 4.30. The summed E-state index contributed by atoms with van der Waals surface area (Å²) in [5.41, 5.74) is 0. The number of rotatable bonds is 1. The van der Waals surface area contributed by atoms with Gasteiger partial charge in [-0.15, -0.1) is 0 Å². The van der Waals surface area contributed by atoms with Gasteiger partial charge in [0.25, 0.3) is 0 Å². The van der Waals surface area contributed by atoms with E-state index in [-0.39, 0.29) is 5.92 Å². The lowest BCUT2D eigenvalue weighted by Crippen LogP contribution is -2.45. The number of likely N-dealkylation sites (tertiary alicyclic amines) is 1. The number of hydrogen-bond donors (Lipinski definition) is 1. The summed E-state index contributed by atoms with van der Waals surface area (Å²) in [5, 5.41) is 3.32. The minimum absolute atomic E-state index is 0.238. The SMILES string of the molecule is CC1CCNCC1C(=O)N1CCCC1. The first-order valence-electron chi connectivity index (χ1n) is 5.78. The lowest BCUT2D eigenvalue weighted by Gasteiger charge is -2.31. The zero-order valence-electron chi connectivity index (χ0n) is 8.96. The van der Waals surface area contributed by atoms with E-state index < -0.39 is 0 Å². The summed E-state index contributed by atoms with van der Waals surface area (Å²) < 4.78 is 0. The Bertz CT molecular complexity index is 211. The van der Waals surface area contributed by atoms with E-state index >= 15 is 0 Å². The molecular formula is C11H20N2O. The fraction of sp³-hybridized carbons (Fsp3) is 0.909. The maximum absolute atomic E-state index is 12.1. The van der Waals surface area contributed by atoms with E-state index in [9.17, 15) is 4.79 Å². The number of carbonyl (C=O) groups is 1. The molecule has 2 aliphatic rings. The van der Waals surface area contributed by atoms with Crippen LogP contribution in [0.25, 0.3) is 0 Å². The molecule has 3 heteroatoms. The monoisotopic (exact) mass is 196 g/mol. The Kier molecular flexibility index (Phi) is 3.06. The number of hydrogen-bond acceptors (Lipinski definition) is 2. The van der Waals surface area contributed by atoms with Crippen LogP contribution in [0, 0.1) is 11.8 Å². The van der Waals surface area contributed by atoms with Crippen molar-refractivity contribution in [3.63, 3.8) is 0 Å². The van der Waals surface area contributed by atoms with Gasteiger partial charge in [-0.2, -0.15) is 0 Å². The van der Waals surface area contributed by atoms with E-state index in [0.717, 1.165) is 32.6 Å². The molecule has 14 heavy (non-hydrogen) atoms. The maximum Gasteiger partial charge on any atom is 0.227 e. The van der Waals surface area contributed by atoms with Crippen molar-refractivity contribution in [1.29, 1.82) is 0 Å². The van der Waals surface area contributed by atoms with Gasteiger partial charge in [0, 0.05) is 19.6 Å². The standard InChI is InChI=1S/C11H20N2O/c1-9-4-5-12-8-10(9)11(14)13-6-2-3-7-13/h9-10,12H,2-8H2,1H3. The van der Waals surface area contributed by atoms with Crippen LogP contribution in [0.3, 0.4) is 0 Å². The largest absolute Gasteiger partial charge is 0.342 e. The quantitative estimate of drug-likeness (QED) is 0.674. The smallest absolute Gasteiger partial charge is 0.227 e. The first kappa shape index (κ1) is 9.97. The summed E-state index contributed by atoms with van der Waals surface area (Å²) in [4.78, 5) is 14.1. The summed E-state index contributed by atoms with van der Waals surface area (Å²) >= 11 is 0. The molecule has 3 nitrogen and oxygen atoms in total. The second-order valence-electron chi connectivity index (χ2n) is 4.61. The normalized spacial score (nSPS) is 33.4. The Balaban J connectivity index is 1.94. The molecule has 2 saturated heterocycles. The Labute approximate surface area is 85.8 Å². The van der Waals surface area contributed by atoms with Gasteiger partial charge in [-0.05, 0) is 31.7 Å². The van der Waals surface area contributed by atoms with Crippen LogP contribution in [0.4, 0.5) is 0 Å². The summed E-state index contributed by atoms with van der Waals surface area (Å²) in [6, 6.07) is 0. The zero-order chi connectivity index (χ0) is 9.97. The Morgan fingerprint density at radius 2 is 2.07 bits per heavy atom. The van der Waals surface area contributed by atoms with Crippen LogP contribution in [0.2, 0.25) is 0 Å². The molecule has 2 atom stereocenters. The van der Waals surface area contributed by atoms with E-state index in [1.165, 1.54) is 12.8 Å². The number of piperidine rings is 1. The molecule has 0 spiro atoms. The molecule has 0 aromatic rings. The van der Waals surface area contributed by atoms with Gasteiger partial charge in [-0.1, -0.05) is 6.92 Å². The predicted molar refractivity (Wildman–Crippen MR) is 56.0 cm³/mol. The topological polar surface area (TPSA) is 32.3 Å². The van der Waals surface area contributed by atoms with Crippen molar-refractivity contribution in [1.82, 2.24) is 10.2 Å². The Morgan fingerprint density at radius 1 is 1.36 bits per heavy atom. The van der Waals surface area contributed by atoms with Crippen LogP contribution in [-0.4, -0.2) is 37.0 Å². The highest BCUT2D eigenvalue weighted by molar-refractivity contribution is 5.79. The molecule has 2 rings (SSSR count). The van der Waals surface area contributed by atoms with Gasteiger partial charge in [0.15, 0.2) is 0 Å². The fourth-order valence-corrected chi connectivity index (χ4v) is 2.49. The summed E-state index contributed by atoms with van der Waals surface area (Å²) in [7, 11) is 0. The second-order valence-corrected chi connectivity index (χ2v) is 4.61. The van der Waals surface area contributed by atoms with Crippen molar-refractivity contribution >= 4 is 5.91 Å². The van der Waals surface area contributed by atoms with Crippen LogP contribution in [0.15, 0.2) is 0 Å². The van der Waals surface area contributed by atoms with Crippen molar-refractivity contribution in [2.24, 2.45) is 11.8 Å². The molecule has 2 unspecified atom stereocenters. The highest BCUT2D eigenvalue weighted by Gasteiger charge is 2.31. The molecule has 80 valence electrons. The molecule has 1 amide bonds. The molecule has 0 aromatic heterocycles. The number of amides is 1. The third kappa shape index (κ3) is 1.92. The number of nitrogens with zero attached hydrogens (tertiary/aromatic N) is 1. The third-order valence-corrected chi connectivity index (χ3v) is 3.56. The van der Waals surface area contributed by atoms with E-state index in [0.29, 0.717) is 11.8 Å². The van der Waals surface area contributed by atoms with Gasteiger partial charge < -0.3 is 10.2 Å². The van der Waals surface area contributed by atoms with Crippen molar-refractivity contribution < 1.29 is 4.79 Å². The number of nitrogens with one attached hydrogen (secondary N) is 1. The minimum Gasteiger partial charge on any atom is -0.342 e. The molecular weight excluding hydrogens is 176 g/mol. The average molecular weight is 196 g/mol. The third-order valence-electron chi connectivity index (χ3n) is 3.56. The van der Waals surface area contributed by atoms with E-state index in [4.69, 9.17) is 0 Å². The molecule has 1 N–H and O–H groups in total. The van der Waals surface area contributed by atoms with Gasteiger partial charge in [-0.25, -0.2) is 0 Å². The molecule has 0 aliphatic carbocycles. The molecule has 2 aliphatic heterocycles. The van der Waals surface area contributed by atoms with Gasteiger partial charge in [0.1, 0.15) is 0 Å². The van der Waals surface area contributed by atoms with Crippen LogP contribution in [-0.2, 0) is 4.79 Å². The van der Waals surface area contributed by atoms with Gasteiger partial charge in [-0.3, -0.25) is 4.79 Å². The first-order chi connectivity index (χ1) is 6.79. The Morgan fingerprint density at radius 3 is 2.71 bits per heavy atom. The highest BCUT2D eigenvalue weighted by atomic mass is 16.2. The van der Waals surface area contributed by atoms with Crippen molar-refractivity contribution in [3.8, 4) is 0 Å². The summed E-state index contributed by atoms with van der Waals surface area (Å²) in [6.45, 7) is 6.14. The van der Waals surface area contributed by atoms with Crippen LogP contribution < -0.4 is 5.32 Å². The van der Waals surface area contributed by atoms with Crippen LogP contribution in [0.5, 0.6) is 0 Å². The minimum atomic E-state index is 0.238. The lowest BCUT2D eigenvalue weighted by atomic mass is 9.87. The molecule has 0 saturated carbocycles. The average Bonchev–Trinajstić information content (AvgIpc) is 2.70. The van der Waals surface area contributed by atoms with Crippen molar-refractivity contribution in [3.05, 3.63) is 0 Å². The lowest BCUT2D eigenvalue weighted by molar-refractivity contribution is -0.136. The zero-order valence-corrected chi connectivity index (χ0v) is 8.96. The van der Waals surface area contributed by atoms with Crippen LogP contribution >= 0.6 is 0 Å². The number of carbonyl (C=O) groups excluding carboxylic acids is 1. The van der Waals surface area contributed by atoms with Crippen molar-refractivity contribution in [2.75, 3.05) is 26.2 Å². The Hall–Kier alpha value is -0.570. The van der Waals surface area contributed by atoms with Gasteiger partial charge in [0.05, 0.1) is 5.92 Å². The van der Waals surface area contributed by atoms with Gasteiger partial charge in [0.2, 0.25) is 5.91 Å². The summed E-state index contributed by atoms with van der Waals surface area (Å²) in [6.07, 6.45) is 3.53. The molecule has 0 radical (unpaired) electrons. The summed E-state index contributed by atoms with van der Waals surface area (Å²) in [5.74, 6) is 1.19. The highest BCUT2D eigenvalue weighted by Crippen LogP contribution is 2.22.